The van der Waals surface area contributed by atoms with Crippen LogP contribution in [0.3, 0.4) is 0 Å². The summed E-state index contributed by atoms with van der Waals surface area (Å²) in [7, 11) is 0. The van der Waals surface area contributed by atoms with Gasteiger partial charge in [-0.2, -0.15) is 0 Å². The molecule has 0 spiro atoms. The summed E-state index contributed by atoms with van der Waals surface area (Å²) in [5.41, 5.74) is 12.8. The van der Waals surface area contributed by atoms with E-state index >= 15 is 0 Å². The van der Waals surface area contributed by atoms with E-state index in [0.29, 0.717) is 0 Å². The van der Waals surface area contributed by atoms with Crippen LogP contribution >= 0.6 is 0 Å². The highest BCUT2D eigenvalue weighted by molar-refractivity contribution is 5.73. The number of benzene rings is 4. The SMILES string of the molecule is C/C=C\C=C(/C)c1cc(-c2ccc(C3(c4ccc(-c5cc(/C(C)=C/C=C\C)nc(-c6ccccc6)n5)cc4)CCCCC3)cc2)nc(-c2ccccc2)n1.CC.CC. The minimum Gasteiger partial charge on any atom is -0.228 e. The molecule has 7 rings (SSSR count). The molecule has 2 heterocycles. The van der Waals surface area contributed by atoms with E-state index in [1.54, 1.807) is 0 Å². The lowest BCUT2D eigenvalue weighted by Gasteiger charge is -2.39. The van der Waals surface area contributed by atoms with Crippen molar-refractivity contribution in [3.05, 3.63) is 180 Å². The van der Waals surface area contributed by atoms with Crippen molar-refractivity contribution in [2.45, 2.75) is 92.9 Å². The lowest BCUT2D eigenvalue weighted by molar-refractivity contribution is 0.346. The first-order valence-corrected chi connectivity index (χ1v) is 21.2. The fraction of sp³-hybridized carbons (Fsp3) is 0.259. The normalized spacial score (nSPS) is 14.1. The molecule has 1 fully saturated rings. The third-order valence-corrected chi connectivity index (χ3v) is 10.6. The summed E-state index contributed by atoms with van der Waals surface area (Å²) >= 11 is 0. The van der Waals surface area contributed by atoms with Crippen LogP contribution in [0.15, 0.2) is 158 Å². The van der Waals surface area contributed by atoms with Gasteiger partial charge in [0.1, 0.15) is 0 Å². The predicted molar refractivity (Wildman–Crippen MR) is 249 cm³/mol. The monoisotopic (exact) mass is 764 g/mol. The Hall–Kier alpha value is -6.00. The molecule has 1 aliphatic rings. The molecule has 296 valence electrons. The summed E-state index contributed by atoms with van der Waals surface area (Å²) < 4.78 is 0. The van der Waals surface area contributed by atoms with Crippen LogP contribution in [-0.4, -0.2) is 19.9 Å². The molecule has 0 unspecified atom stereocenters. The van der Waals surface area contributed by atoms with Crippen LogP contribution in [0, 0.1) is 0 Å². The average molecular weight is 765 g/mol. The highest BCUT2D eigenvalue weighted by Gasteiger charge is 2.35. The Bertz CT molecular complexity index is 2150. The topological polar surface area (TPSA) is 51.6 Å². The Kier molecular flexibility index (Phi) is 16.0. The lowest BCUT2D eigenvalue weighted by Crippen LogP contribution is -2.30. The van der Waals surface area contributed by atoms with Gasteiger partial charge in [-0.25, -0.2) is 19.9 Å². The van der Waals surface area contributed by atoms with Gasteiger partial charge < -0.3 is 0 Å². The van der Waals surface area contributed by atoms with Crippen molar-refractivity contribution in [3.8, 4) is 45.3 Å². The smallest absolute Gasteiger partial charge is 0.160 e. The van der Waals surface area contributed by atoms with E-state index in [-0.39, 0.29) is 5.41 Å². The first kappa shape index (κ1) is 43.1. The van der Waals surface area contributed by atoms with Gasteiger partial charge in [0.2, 0.25) is 0 Å². The number of rotatable bonds is 10. The molecule has 58 heavy (non-hydrogen) atoms. The molecule has 0 atom stereocenters. The van der Waals surface area contributed by atoms with Crippen LogP contribution in [0.5, 0.6) is 0 Å². The molecule has 0 radical (unpaired) electrons. The molecule has 4 heteroatoms. The fourth-order valence-electron chi connectivity index (χ4n) is 7.50. The van der Waals surface area contributed by atoms with Gasteiger partial charge in [0.15, 0.2) is 11.6 Å². The van der Waals surface area contributed by atoms with Gasteiger partial charge in [-0.1, -0.05) is 193 Å². The van der Waals surface area contributed by atoms with Crippen molar-refractivity contribution in [1.29, 1.82) is 0 Å². The molecule has 0 saturated heterocycles. The zero-order valence-electron chi connectivity index (χ0n) is 35.8. The second-order valence-corrected chi connectivity index (χ2v) is 14.2. The number of aromatic nitrogens is 4. The molecule has 0 aliphatic heterocycles. The van der Waals surface area contributed by atoms with Gasteiger partial charge in [-0.3, -0.25) is 0 Å². The van der Waals surface area contributed by atoms with Crippen molar-refractivity contribution in [2.75, 3.05) is 0 Å². The minimum absolute atomic E-state index is 0.0506. The zero-order valence-corrected chi connectivity index (χ0v) is 35.8. The first-order valence-electron chi connectivity index (χ1n) is 21.2. The molecule has 6 aromatic rings. The Labute approximate surface area is 348 Å². The van der Waals surface area contributed by atoms with Gasteiger partial charge in [-0.15, -0.1) is 0 Å². The summed E-state index contributed by atoms with van der Waals surface area (Å²) in [5.74, 6) is 1.47. The van der Waals surface area contributed by atoms with Crippen molar-refractivity contribution >= 4 is 11.1 Å². The molecule has 4 nitrogen and oxygen atoms in total. The molecule has 0 N–H and O–H groups in total. The van der Waals surface area contributed by atoms with Gasteiger partial charge in [0.05, 0.1) is 22.8 Å². The van der Waals surface area contributed by atoms with E-state index in [1.807, 2.05) is 90.1 Å². The summed E-state index contributed by atoms with van der Waals surface area (Å²) in [5, 5.41) is 0. The summed E-state index contributed by atoms with van der Waals surface area (Å²) in [6, 6.07) is 43.1. The Morgan fingerprint density at radius 2 is 0.845 bits per heavy atom. The maximum absolute atomic E-state index is 5.08. The van der Waals surface area contributed by atoms with Crippen LogP contribution in [-0.2, 0) is 5.41 Å². The first-order chi connectivity index (χ1) is 28.5. The molecule has 0 bridgehead atoms. The van der Waals surface area contributed by atoms with Gasteiger partial charge >= 0.3 is 0 Å². The van der Waals surface area contributed by atoms with E-state index < -0.39 is 0 Å². The van der Waals surface area contributed by atoms with Crippen LogP contribution in [0.2, 0.25) is 0 Å². The highest BCUT2D eigenvalue weighted by Crippen LogP contribution is 2.46. The molecule has 1 aliphatic carbocycles. The number of hydrogen-bond acceptors (Lipinski definition) is 4. The maximum Gasteiger partial charge on any atom is 0.160 e. The quantitative estimate of drug-likeness (QED) is 0.130. The van der Waals surface area contributed by atoms with Crippen LogP contribution in [0.1, 0.15) is 110 Å². The molecule has 2 aromatic heterocycles. The summed E-state index contributed by atoms with van der Waals surface area (Å²) in [6.07, 6.45) is 18.4. The molecular weight excluding hydrogens is 705 g/mol. The lowest BCUT2D eigenvalue weighted by atomic mass is 9.65. The van der Waals surface area contributed by atoms with E-state index in [9.17, 15) is 0 Å². The Morgan fingerprint density at radius 3 is 1.21 bits per heavy atom. The number of allylic oxidation sites excluding steroid dienone is 8. The molecule has 1 saturated carbocycles. The second-order valence-electron chi connectivity index (χ2n) is 14.2. The van der Waals surface area contributed by atoms with Crippen LogP contribution < -0.4 is 0 Å². The summed E-state index contributed by atoms with van der Waals surface area (Å²) in [6.45, 7) is 16.3. The largest absolute Gasteiger partial charge is 0.228 e. The van der Waals surface area contributed by atoms with Gasteiger partial charge in [0.25, 0.3) is 0 Å². The third kappa shape index (κ3) is 10.3. The zero-order chi connectivity index (χ0) is 41.3. The fourth-order valence-corrected chi connectivity index (χ4v) is 7.50. The van der Waals surface area contributed by atoms with Crippen LogP contribution in [0.25, 0.3) is 56.4 Å². The van der Waals surface area contributed by atoms with Crippen molar-refractivity contribution in [3.63, 3.8) is 0 Å². The molecular formula is C54H60N4. The van der Waals surface area contributed by atoms with E-state index in [1.165, 1.54) is 30.4 Å². The standard InChI is InChI=1S/C50H48N4.2C2H6/c1-5-7-18-36(3)44-34-46(53-48(51-44)40-20-12-9-13-21-40)38-24-28-42(29-25-38)50(32-16-11-17-33-50)43-30-26-39(27-31-43)47-35-45(37(4)19-8-6-2)52-49(54-47)41-22-14-10-15-23-41;2*1-2/h5-10,12-15,18-31,34-35H,11,16-17,32-33H2,1-4H3;2*1-2H3/b7-5-,8-6-,36-18+,37-19+;;. The van der Waals surface area contributed by atoms with Crippen molar-refractivity contribution in [2.24, 2.45) is 0 Å². The molecule has 0 amide bonds. The van der Waals surface area contributed by atoms with Crippen LogP contribution in [0.4, 0.5) is 0 Å². The maximum atomic E-state index is 5.08. The van der Waals surface area contributed by atoms with E-state index in [0.717, 1.165) is 80.7 Å². The van der Waals surface area contributed by atoms with Gasteiger partial charge in [0, 0.05) is 27.7 Å². The predicted octanol–water partition coefficient (Wildman–Crippen LogP) is 15.2. The van der Waals surface area contributed by atoms with Gasteiger partial charge in [-0.05, 0) is 74.9 Å². The van der Waals surface area contributed by atoms with E-state index in [2.05, 4.69) is 123 Å². The van der Waals surface area contributed by atoms with Crippen molar-refractivity contribution < 1.29 is 0 Å². The molecule has 4 aromatic carbocycles. The minimum atomic E-state index is -0.0506. The Morgan fingerprint density at radius 1 is 0.466 bits per heavy atom. The van der Waals surface area contributed by atoms with Crippen molar-refractivity contribution in [1.82, 2.24) is 19.9 Å². The summed E-state index contributed by atoms with van der Waals surface area (Å²) in [4.78, 5) is 20.1. The average Bonchev–Trinajstić information content (AvgIpc) is 3.31. The Balaban J connectivity index is 0.00000155. The third-order valence-electron chi connectivity index (χ3n) is 10.6. The second kappa shape index (κ2) is 21.5. The number of nitrogens with zero attached hydrogens (tertiary/aromatic N) is 4. The number of hydrogen-bond donors (Lipinski definition) is 0. The highest BCUT2D eigenvalue weighted by atomic mass is 14.9. The van der Waals surface area contributed by atoms with E-state index in [4.69, 9.17) is 19.9 Å².